The molecule has 0 bridgehead atoms. The molecule has 1 atom stereocenters. The zero-order valence-corrected chi connectivity index (χ0v) is 39.6. The van der Waals surface area contributed by atoms with Crippen molar-refractivity contribution in [3.63, 3.8) is 0 Å². The maximum Gasteiger partial charge on any atom is 0.306 e. The zero-order chi connectivity index (χ0) is 44.9. The lowest BCUT2D eigenvalue weighted by Crippen LogP contribution is -2.28. The summed E-state index contributed by atoms with van der Waals surface area (Å²) in [6, 6.07) is 0. The van der Waals surface area contributed by atoms with E-state index in [2.05, 4.69) is 148 Å². The minimum atomic E-state index is -0.787. The summed E-state index contributed by atoms with van der Waals surface area (Å²) in [7, 11) is 0. The molecule has 1 N–H and O–H groups in total. The molecule has 0 aromatic carbocycles. The maximum absolute atomic E-state index is 12.2. The van der Waals surface area contributed by atoms with Crippen LogP contribution in [0.25, 0.3) is 0 Å². The van der Waals surface area contributed by atoms with E-state index in [1.54, 1.807) is 0 Å². The number of ether oxygens (including phenoxy) is 2. The van der Waals surface area contributed by atoms with Crippen molar-refractivity contribution in [2.24, 2.45) is 0 Å². The molecule has 5 nitrogen and oxygen atoms in total. The Hall–Kier alpha value is -3.96. The van der Waals surface area contributed by atoms with E-state index < -0.39 is 6.10 Å². The highest BCUT2D eigenvalue weighted by molar-refractivity contribution is 5.70. The van der Waals surface area contributed by atoms with Gasteiger partial charge in [0.15, 0.2) is 6.10 Å². The lowest BCUT2D eigenvalue weighted by atomic mass is 10.1. The maximum atomic E-state index is 12.2. The number of carbonyl (C=O) groups is 2. The molecule has 5 heteroatoms. The van der Waals surface area contributed by atoms with Crippen LogP contribution in [-0.2, 0) is 19.1 Å². The summed E-state index contributed by atoms with van der Waals surface area (Å²) in [6.45, 7) is 3.97. The summed E-state index contributed by atoms with van der Waals surface area (Å²) >= 11 is 0. The Balaban J connectivity index is 3.67. The Kier molecular flexibility index (Phi) is 48.1. The third kappa shape index (κ3) is 48.7. The Morgan fingerprint density at radius 1 is 0.387 bits per heavy atom. The highest BCUT2D eigenvalue weighted by Gasteiger charge is 2.16. The van der Waals surface area contributed by atoms with Crippen molar-refractivity contribution in [2.75, 3.05) is 13.2 Å². The van der Waals surface area contributed by atoms with Crippen LogP contribution in [0.4, 0.5) is 0 Å². The van der Waals surface area contributed by atoms with Gasteiger partial charge in [-0.25, -0.2) is 0 Å². The van der Waals surface area contributed by atoms with Gasteiger partial charge in [-0.1, -0.05) is 218 Å². The van der Waals surface area contributed by atoms with Crippen LogP contribution in [0.15, 0.2) is 134 Å². The summed E-state index contributed by atoms with van der Waals surface area (Å²) in [5, 5.41) is 9.56. The van der Waals surface area contributed by atoms with Crippen LogP contribution < -0.4 is 0 Å². The van der Waals surface area contributed by atoms with Gasteiger partial charge in [0.2, 0.25) is 0 Å². The summed E-state index contributed by atoms with van der Waals surface area (Å²) in [5.41, 5.74) is 0. The van der Waals surface area contributed by atoms with Crippen LogP contribution in [0.2, 0.25) is 0 Å². The number of aliphatic hydroxyl groups is 1. The van der Waals surface area contributed by atoms with Crippen LogP contribution in [0.1, 0.15) is 194 Å². The fraction of sp³-hybridized carbons (Fsp3) is 0.579. The van der Waals surface area contributed by atoms with Crippen LogP contribution in [0.5, 0.6) is 0 Å². The molecule has 348 valence electrons. The number of hydrogen-bond donors (Lipinski definition) is 1. The van der Waals surface area contributed by atoms with Crippen molar-refractivity contribution in [2.45, 2.75) is 200 Å². The van der Waals surface area contributed by atoms with E-state index in [0.29, 0.717) is 12.8 Å². The molecule has 0 fully saturated rings. The lowest BCUT2D eigenvalue weighted by molar-refractivity contribution is -0.161. The molecule has 0 spiro atoms. The highest BCUT2D eigenvalue weighted by Crippen LogP contribution is 2.12. The first-order valence-corrected chi connectivity index (χ1v) is 24.7. The summed E-state index contributed by atoms with van der Waals surface area (Å²) in [4.78, 5) is 24.2. The lowest BCUT2D eigenvalue weighted by Gasteiger charge is -2.15. The number of rotatable bonds is 43. The van der Waals surface area contributed by atoms with Crippen LogP contribution >= 0.6 is 0 Å². The number of unbranched alkanes of at least 4 members (excludes halogenated alkanes) is 13. The smallest absolute Gasteiger partial charge is 0.306 e. The van der Waals surface area contributed by atoms with Crippen molar-refractivity contribution in [1.29, 1.82) is 0 Å². The van der Waals surface area contributed by atoms with Crippen molar-refractivity contribution in [3.8, 4) is 0 Å². The third-order valence-electron chi connectivity index (χ3n) is 9.96. The molecule has 0 saturated carbocycles. The fourth-order valence-corrected chi connectivity index (χ4v) is 6.26. The van der Waals surface area contributed by atoms with Gasteiger partial charge in [-0.15, -0.1) is 0 Å². The monoisotopic (exact) mass is 855 g/mol. The van der Waals surface area contributed by atoms with Crippen molar-refractivity contribution >= 4 is 11.9 Å². The average molecular weight is 855 g/mol. The molecule has 0 saturated heterocycles. The van der Waals surface area contributed by atoms with Gasteiger partial charge in [0.25, 0.3) is 0 Å². The van der Waals surface area contributed by atoms with Gasteiger partial charge in [0.1, 0.15) is 6.61 Å². The molecule has 0 aromatic rings. The summed E-state index contributed by atoms with van der Waals surface area (Å²) in [5.74, 6) is -0.626. The average Bonchev–Trinajstić information content (AvgIpc) is 3.28. The number of aliphatic hydroxyl groups excluding tert-OH is 1. The number of esters is 2. The van der Waals surface area contributed by atoms with E-state index in [1.165, 1.54) is 38.5 Å². The minimum absolute atomic E-state index is 0.0799. The first kappa shape index (κ1) is 58.0. The molecule has 1 unspecified atom stereocenters. The number of allylic oxidation sites excluding steroid dienone is 22. The topological polar surface area (TPSA) is 72.8 Å². The number of hydrogen-bond acceptors (Lipinski definition) is 5. The molecular weight excluding hydrogens is 765 g/mol. The van der Waals surface area contributed by atoms with Crippen molar-refractivity contribution in [3.05, 3.63) is 134 Å². The Bertz CT molecular complexity index is 1330. The van der Waals surface area contributed by atoms with Crippen LogP contribution in [0.3, 0.4) is 0 Å². The van der Waals surface area contributed by atoms with Crippen LogP contribution in [-0.4, -0.2) is 36.4 Å². The van der Waals surface area contributed by atoms with Gasteiger partial charge in [-0.05, 0) is 96.3 Å². The second-order valence-corrected chi connectivity index (χ2v) is 15.8. The minimum Gasteiger partial charge on any atom is -0.462 e. The van der Waals surface area contributed by atoms with E-state index in [9.17, 15) is 14.7 Å². The summed E-state index contributed by atoms with van der Waals surface area (Å²) < 4.78 is 10.6. The SMILES string of the molecule is CC/C=C\C/C=C\C/C=C\C/C=C\C/C=C\C/C=C\C/C=C\C/C=C\C/C=C\C/C=C\C/C=C\CCCCCCCC(=O)OC(CO)COC(=O)CCCCCCCCCCC. The fourth-order valence-electron chi connectivity index (χ4n) is 6.26. The predicted octanol–water partition coefficient (Wildman–Crippen LogP) is 16.5. The Morgan fingerprint density at radius 2 is 0.694 bits per heavy atom. The highest BCUT2D eigenvalue weighted by atomic mass is 16.6. The van der Waals surface area contributed by atoms with Gasteiger partial charge < -0.3 is 14.6 Å². The van der Waals surface area contributed by atoms with E-state index >= 15 is 0 Å². The van der Waals surface area contributed by atoms with Crippen molar-refractivity contribution < 1.29 is 24.2 Å². The molecule has 0 amide bonds. The van der Waals surface area contributed by atoms with E-state index in [4.69, 9.17) is 9.47 Å². The standard InChI is InChI=1S/C57H90O5/c1-3-5-7-9-11-13-14-15-16-17-18-19-20-21-22-23-24-25-26-27-28-29-30-31-32-33-34-35-36-37-38-39-40-41-42-44-46-48-50-52-57(60)62-55(53-58)54-61-56(59)51-49-47-45-43-12-10-8-6-4-2/h5,7,11,13,15-16,18-19,21-22,24-25,27-28,30-31,33-34,36-37,39-40,55,58H,3-4,6,8-10,12,14,17,20,23,26,29,32,35,38,41-54H2,1-2H3/b7-5-,13-11-,16-15-,19-18-,22-21-,25-24-,28-27-,31-30-,34-33-,37-36-,40-39-. The third-order valence-corrected chi connectivity index (χ3v) is 9.96. The molecule has 0 aliphatic heterocycles. The Morgan fingerprint density at radius 3 is 1.05 bits per heavy atom. The molecule has 0 rings (SSSR count). The van der Waals surface area contributed by atoms with Gasteiger partial charge in [-0.3, -0.25) is 9.59 Å². The molecular formula is C57H90O5. The quantitative estimate of drug-likeness (QED) is 0.0376. The molecule has 0 aromatic heterocycles. The molecule has 0 heterocycles. The van der Waals surface area contributed by atoms with Crippen LogP contribution in [0, 0.1) is 0 Å². The molecule has 0 aliphatic carbocycles. The predicted molar refractivity (Wildman–Crippen MR) is 269 cm³/mol. The zero-order valence-electron chi connectivity index (χ0n) is 39.6. The molecule has 0 aliphatic rings. The first-order chi connectivity index (χ1) is 30.6. The summed E-state index contributed by atoms with van der Waals surface area (Å²) in [6.07, 6.45) is 77.0. The number of carbonyl (C=O) groups excluding carboxylic acids is 2. The molecule has 62 heavy (non-hydrogen) atoms. The van der Waals surface area contributed by atoms with Gasteiger partial charge in [0.05, 0.1) is 6.61 Å². The largest absolute Gasteiger partial charge is 0.462 e. The second kappa shape index (κ2) is 51.4. The molecule has 0 radical (unpaired) electrons. The Labute approximate surface area is 381 Å². The van der Waals surface area contributed by atoms with E-state index in [-0.39, 0.29) is 25.2 Å². The first-order valence-electron chi connectivity index (χ1n) is 24.7. The second-order valence-electron chi connectivity index (χ2n) is 15.8. The van der Waals surface area contributed by atoms with Crippen molar-refractivity contribution in [1.82, 2.24) is 0 Å². The van der Waals surface area contributed by atoms with Gasteiger partial charge >= 0.3 is 11.9 Å². The van der Waals surface area contributed by atoms with E-state index in [1.807, 2.05) is 0 Å². The normalized spacial score (nSPS) is 13.4. The van der Waals surface area contributed by atoms with E-state index in [0.717, 1.165) is 128 Å². The van der Waals surface area contributed by atoms with Gasteiger partial charge in [-0.2, -0.15) is 0 Å². The van der Waals surface area contributed by atoms with Gasteiger partial charge in [0, 0.05) is 12.8 Å².